The Hall–Kier alpha value is -3.13. The smallest absolute Gasteiger partial charge is 0.0593 e. The van der Waals surface area contributed by atoms with E-state index in [-0.39, 0.29) is 0 Å². The van der Waals surface area contributed by atoms with Crippen molar-refractivity contribution in [2.45, 2.75) is 6.92 Å². The van der Waals surface area contributed by atoms with Gasteiger partial charge < -0.3 is 0 Å². The van der Waals surface area contributed by atoms with Crippen LogP contribution >= 0.6 is 0 Å². The summed E-state index contributed by atoms with van der Waals surface area (Å²) in [5, 5.41) is 11.8. The minimum absolute atomic E-state index is 0.823. The van der Waals surface area contributed by atoms with Crippen molar-refractivity contribution in [2.24, 2.45) is 5.10 Å². The molecule has 0 saturated carbocycles. The highest BCUT2D eigenvalue weighted by molar-refractivity contribution is 6.13. The SMILES string of the molecule is CCN(N=Cc1c2ccccc2cc2ccccc12)c1ccccc1. The maximum absolute atomic E-state index is 4.79. The fourth-order valence-corrected chi connectivity index (χ4v) is 3.25. The third-order valence-corrected chi connectivity index (χ3v) is 4.49. The van der Waals surface area contributed by atoms with Crippen molar-refractivity contribution in [3.05, 3.63) is 90.5 Å². The number of rotatable bonds is 4. The third kappa shape index (κ3) is 2.99. The van der Waals surface area contributed by atoms with Gasteiger partial charge in [-0.05, 0) is 46.7 Å². The number of benzene rings is 4. The molecular weight excluding hydrogens is 304 g/mol. The third-order valence-electron chi connectivity index (χ3n) is 4.49. The molecule has 0 amide bonds. The number of fused-ring (bicyclic) bond motifs is 2. The highest BCUT2D eigenvalue weighted by atomic mass is 15.4. The van der Waals surface area contributed by atoms with Gasteiger partial charge in [-0.2, -0.15) is 5.10 Å². The van der Waals surface area contributed by atoms with Gasteiger partial charge in [0.1, 0.15) is 0 Å². The average molecular weight is 324 g/mol. The number of anilines is 1. The molecule has 0 spiro atoms. The van der Waals surface area contributed by atoms with E-state index in [4.69, 9.17) is 5.10 Å². The lowest BCUT2D eigenvalue weighted by Crippen LogP contribution is -2.15. The molecule has 4 aromatic rings. The van der Waals surface area contributed by atoms with Crippen molar-refractivity contribution in [3.63, 3.8) is 0 Å². The van der Waals surface area contributed by atoms with Crippen molar-refractivity contribution in [3.8, 4) is 0 Å². The minimum Gasteiger partial charge on any atom is -0.266 e. The summed E-state index contributed by atoms with van der Waals surface area (Å²) < 4.78 is 0. The van der Waals surface area contributed by atoms with Crippen molar-refractivity contribution in [1.29, 1.82) is 0 Å². The fraction of sp³-hybridized carbons (Fsp3) is 0.0870. The molecule has 2 nitrogen and oxygen atoms in total. The van der Waals surface area contributed by atoms with E-state index in [1.54, 1.807) is 0 Å². The summed E-state index contributed by atoms with van der Waals surface area (Å²) in [6, 6.07) is 29.5. The molecule has 0 unspecified atom stereocenters. The van der Waals surface area contributed by atoms with Crippen LogP contribution in [0.15, 0.2) is 90.0 Å². The van der Waals surface area contributed by atoms with Crippen LogP contribution in [0.2, 0.25) is 0 Å². The molecule has 0 fully saturated rings. The van der Waals surface area contributed by atoms with Crippen LogP contribution in [0, 0.1) is 0 Å². The summed E-state index contributed by atoms with van der Waals surface area (Å²) in [6.45, 7) is 2.94. The lowest BCUT2D eigenvalue weighted by atomic mass is 9.97. The second-order valence-electron chi connectivity index (χ2n) is 6.03. The molecule has 0 radical (unpaired) electrons. The van der Waals surface area contributed by atoms with Crippen LogP contribution in [-0.2, 0) is 0 Å². The molecule has 0 aliphatic carbocycles. The Morgan fingerprint density at radius 2 is 1.32 bits per heavy atom. The maximum Gasteiger partial charge on any atom is 0.0593 e. The van der Waals surface area contributed by atoms with Crippen molar-refractivity contribution in [2.75, 3.05) is 11.6 Å². The standard InChI is InChI=1S/C23H20N2/c1-2-25(20-12-4-3-5-13-20)24-17-23-21-14-8-6-10-18(21)16-19-11-7-9-15-22(19)23/h3-17H,2H2,1H3. The Morgan fingerprint density at radius 1 is 0.760 bits per heavy atom. The summed E-state index contributed by atoms with van der Waals surface area (Å²) in [5.74, 6) is 0. The van der Waals surface area contributed by atoms with Gasteiger partial charge in [-0.15, -0.1) is 0 Å². The van der Waals surface area contributed by atoms with Gasteiger partial charge >= 0.3 is 0 Å². The molecule has 0 heterocycles. The van der Waals surface area contributed by atoms with Crippen LogP contribution in [0.1, 0.15) is 12.5 Å². The average Bonchev–Trinajstić information content (AvgIpc) is 2.68. The predicted octanol–water partition coefficient (Wildman–Crippen LogP) is 5.85. The first-order valence-electron chi connectivity index (χ1n) is 8.64. The van der Waals surface area contributed by atoms with Crippen LogP contribution < -0.4 is 5.01 Å². The van der Waals surface area contributed by atoms with Crippen molar-refractivity contribution in [1.82, 2.24) is 0 Å². The van der Waals surface area contributed by atoms with Gasteiger partial charge in [0.15, 0.2) is 0 Å². The molecule has 122 valence electrons. The van der Waals surface area contributed by atoms with Crippen LogP contribution in [0.5, 0.6) is 0 Å². The first kappa shape index (κ1) is 15.4. The lowest BCUT2D eigenvalue weighted by molar-refractivity contribution is 0.898. The molecule has 0 aliphatic heterocycles. The maximum atomic E-state index is 4.79. The number of hydrogen-bond acceptors (Lipinski definition) is 2. The molecule has 0 atom stereocenters. The molecular formula is C23H20N2. The molecule has 0 bridgehead atoms. The molecule has 0 aliphatic rings. The van der Waals surface area contributed by atoms with Gasteiger partial charge in [-0.25, -0.2) is 0 Å². The highest BCUT2D eigenvalue weighted by Crippen LogP contribution is 2.27. The number of hydrogen-bond donors (Lipinski definition) is 0. The van der Waals surface area contributed by atoms with E-state index in [1.807, 2.05) is 29.4 Å². The van der Waals surface area contributed by atoms with E-state index in [9.17, 15) is 0 Å². The Labute approximate surface area is 148 Å². The normalized spacial score (nSPS) is 11.4. The number of para-hydroxylation sites is 1. The molecule has 25 heavy (non-hydrogen) atoms. The first-order chi connectivity index (χ1) is 12.4. The Morgan fingerprint density at radius 3 is 1.92 bits per heavy atom. The molecule has 2 heteroatoms. The topological polar surface area (TPSA) is 15.6 Å². The Kier molecular flexibility index (Phi) is 4.17. The van der Waals surface area contributed by atoms with E-state index in [1.165, 1.54) is 27.1 Å². The molecule has 0 saturated heterocycles. The zero-order valence-electron chi connectivity index (χ0n) is 14.3. The summed E-state index contributed by atoms with van der Waals surface area (Å²) >= 11 is 0. The van der Waals surface area contributed by atoms with Gasteiger partial charge in [0.25, 0.3) is 0 Å². The summed E-state index contributed by atoms with van der Waals surface area (Å²) in [4.78, 5) is 0. The monoisotopic (exact) mass is 324 g/mol. The summed E-state index contributed by atoms with van der Waals surface area (Å²) in [6.07, 6.45) is 2.00. The second-order valence-corrected chi connectivity index (χ2v) is 6.03. The first-order valence-corrected chi connectivity index (χ1v) is 8.64. The summed E-state index contributed by atoms with van der Waals surface area (Å²) in [7, 11) is 0. The zero-order valence-corrected chi connectivity index (χ0v) is 14.3. The van der Waals surface area contributed by atoms with E-state index >= 15 is 0 Å². The van der Waals surface area contributed by atoms with Gasteiger partial charge in [0.05, 0.1) is 11.9 Å². The predicted molar refractivity (Wildman–Crippen MR) is 109 cm³/mol. The van der Waals surface area contributed by atoms with Crippen molar-refractivity contribution >= 4 is 33.4 Å². The Bertz CT molecular complexity index is 982. The molecule has 0 N–H and O–H groups in total. The highest BCUT2D eigenvalue weighted by Gasteiger charge is 2.06. The fourth-order valence-electron chi connectivity index (χ4n) is 3.25. The quantitative estimate of drug-likeness (QED) is 0.261. The van der Waals surface area contributed by atoms with Crippen LogP contribution in [0.4, 0.5) is 5.69 Å². The molecule has 4 rings (SSSR count). The number of hydrazone groups is 1. The molecule has 4 aromatic carbocycles. The second kappa shape index (κ2) is 6.78. The van der Waals surface area contributed by atoms with Crippen LogP contribution in [0.25, 0.3) is 21.5 Å². The van der Waals surface area contributed by atoms with Gasteiger partial charge in [-0.3, -0.25) is 5.01 Å². The van der Waals surface area contributed by atoms with Crippen LogP contribution in [0.3, 0.4) is 0 Å². The van der Waals surface area contributed by atoms with Gasteiger partial charge in [-0.1, -0.05) is 66.7 Å². The van der Waals surface area contributed by atoms with E-state index in [0.717, 1.165) is 12.2 Å². The Balaban J connectivity index is 1.87. The van der Waals surface area contributed by atoms with E-state index < -0.39 is 0 Å². The van der Waals surface area contributed by atoms with E-state index in [0.29, 0.717) is 0 Å². The largest absolute Gasteiger partial charge is 0.266 e. The molecule has 0 aromatic heterocycles. The summed E-state index contributed by atoms with van der Waals surface area (Å²) in [5.41, 5.74) is 2.27. The lowest BCUT2D eigenvalue weighted by Gasteiger charge is -2.17. The van der Waals surface area contributed by atoms with Crippen molar-refractivity contribution < 1.29 is 0 Å². The van der Waals surface area contributed by atoms with Gasteiger partial charge in [0.2, 0.25) is 0 Å². The number of nitrogens with zero attached hydrogens (tertiary/aromatic N) is 2. The van der Waals surface area contributed by atoms with Gasteiger partial charge in [0, 0.05) is 12.1 Å². The minimum atomic E-state index is 0.823. The zero-order chi connectivity index (χ0) is 17.1. The van der Waals surface area contributed by atoms with Crippen LogP contribution in [-0.4, -0.2) is 12.8 Å². The van der Waals surface area contributed by atoms with E-state index in [2.05, 4.69) is 73.7 Å².